The zero-order chi connectivity index (χ0) is 13.0. The molecule has 0 spiro atoms. The molecule has 18 heavy (non-hydrogen) atoms. The maximum absolute atomic E-state index is 3.61. The average molecular weight is 252 g/mol. The first kappa shape index (κ1) is 14.3. The molecular formula is C16H32N2. The van der Waals surface area contributed by atoms with Crippen molar-refractivity contribution in [2.45, 2.75) is 83.3 Å². The third-order valence-corrected chi connectivity index (χ3v) is 4.86. The third-order valence-electron chi connectivity index (χ3n) is 4.86. The second-order valence-corrected chi connectivity index (χ2v) is 6.69. The highest BCUT2D eigenvalue weighted by Crippen LogP contribution is 2.33. The van der Waals surface area contributed by atoms with Crippen molar-refractivity contribution in [1.29, 1.82) is 0 Å². The van der Waals surface area contributed by atoms with Crippen molar-refractivity contribution in [3.8, 4) is 0 Å². The van der Waals surface area contributed by atoms with Crippen LogP contribution in [0.4, 0.5) is 0 Å². The standard InChI is InChI=1S/C16H32N2/c1-13(2)18(12-14-10-11-14)16-9-7-5-4-6-8-15(16)17-3/h13-17H,4-12H2,1-3H3. The summed E-state index contributed by atoms with van der Waals surface area (Å²) in [7, 11) is 2.16. The van der Waals surface area contributed by atoms with E-state index in [-0.39, 0.29) is 0 Å². The van der Waals surface area contributed by atoms with Crippen LogP contribution in [0.2, 0.25) is 0 Å². The summed E-state index contributed by atoms with van der Waals surface area (Å²) in [4.78, 5) is 2.81. The van der Waals surface area contributed by atoms with Gasteiger partial charge in [0.15, 0.2) is 0 Å². The first-order chi connectivity index (χ1) is 8.72. The van der Waals surface area contributed by atoms with Gasteiger partial charge in [0.2, 0.25) is 0 Å². The lowest BCUT2D eigenvalue weighted by Gasteiger charge is -2.41. The molecule has 2 saturated carbocycles. The van der Waals surface area contributed by atoms with Crippen molar-refractivity contribution in [1.82, 2.24) is 10.2 Å². The Morgan fingerprint density at radius 2 is 1.67 bits per heavy atom. The molecule has 0 saturated heterocycles. The molecule has 1 N–H and O–H groups in total. The molecule has 106 valence electrons. The summed E-state index contributed by atoms with van der Waals surface area (Å²) < 4.78 is 0. The second-order valence-electron chi connectivity index (χ2n) is 6.69. The smallest absolute Gasteiger partial charge is 0.0252 e. The first-order valence-corrected chi connectivity index (χ1v) is 8.15. The number of hydrogen-bond acceptors (Lipinski definition) is 2. The van der Waals surface area contributed by atoms with Gasteiger partial charge in [-0.1, -0.05) is 25.7 Å². The van der Waals surface area contributed by atoms with Gasteiger partial charge in [0.1, 0.15) is 0 Å². The number of likely N-dealkylation sites (N-methyl/N-ethyl adjacent to an activating group) is 1. The van der Waals surface area contributed by atoms with Crippen molar-refractivity contribution in [3.05, 3.63) is 0 Å². The molecule has 2 nitrogen and oxygen atoms in total. The molecule has 2 unspecified atom stereocenters. The number of nitrogens with one attached hydrogen (secondary N) is 1. The predicted octanol–water partition coefficient (Wildman–Crippen LogP) is 3.42. The van der Waals surface area contributed by atoms with E-state index in [9.17, 15) is 0 Å². The van der Waals surface area contributed by atoms with Gasteiger partial charge in [0, 0.05) is 24.7 Å². The maximum atomic E-state index is 3.61. The summed E-state index contributed by atoms with van der Waals surface area (Å²) in [6, 6.07) is 2.19. The highest BCUT2D eigenvalue weighted by atomic mass is 15.2. The van der Waals surface area contributed by atoms with E-state index >= 15 is 0 Å². The Morgan fingerprint density at radius 1 is 1.00 bits per heavy atom. The van der Waals surface area contributed by atoms with Gasteiger partial charge in [-0.3, -0.25) is 4.90 Å². The minimum Gasteiger partial charge on any atom is -0.315 e. The SMILES string of the molecule is CNC1CCCCCCC1N(CC1CC1)C(C)C. The largest absolute Gasteiger partial charge is 0.315 e. The quantitative estimate of drug-likeness (QED) is 0.806. The van der Waals surface area contributed by atoms with E-state index in [2.05, 4.69) is 31.1 Å². The summed E-state index contributed by atoms with van der Waals surface area (Å²) in [5.74, 6) is 1.01. The summed E-state index contributed by atoms with van der Waals surface area (Å²) >= 11 is 0. The van der Waals surface area contributed by atoms with Crippen molar-refractivity contribution in [2.24, 2.45) is 5.92 Å². The Kier molecular flexibility index (Phi) is 5.50. The van der Waals surface area contributed by atoms with E-state index < -0.39 is 0 Å². The van der Waals surface area contributed by atoms with Gasteiger partial charge in [-0.15, -0.1) is 0 Å². The Balaban J connectivity index is 2.01. The molecule has 0 aromatic heterocycles. The molecule has 2 aliphatic carbocycles. The van der Waals surface area contributed by atoms with Crippen LogP contribution in [0.5, 0.6) is 0 Å². The van der Waals surface area contributed by atoms with Crippen molar-refractivity contribution in [3.63, 3.8) is 0 Å². The minimum atomic E-state index is 0.700. The normalized spacial score (nSPS) is 30.5. The highest BCUT2D eigenvalue weighted by molar-refractivity contribution is 4.89. The Bertz CT molecular complexity index is 235. The topological polar surface area (TPSA) is 15.3 Å². The Labute approximate surface area is 114 Å². The lowest BCUT2D eigenvalue weighted by atomic mass is 9.90. The van der Waals surface area contributed by atoms with Crippen LogP contribution in [-0.4, -0.2) is 36.6 Å². The maximum Gasteiger partial charge on any atom is 0.0252 e. The average Bonchev–Trinajstić information content (AvgIpc) is 3.10. The molecule has 0 aromatic carbocycles. The third kappa shape index (κ3) is 3.96. The zero-order valence-electron chi connectivity index (χ0n) is 12.6. The van der Waals surface area contributed by atoms with E-state index in [1.807, 2.05) is 0 Å². The molecule has 2 heteroatoms. The van der Waals surface area contributed by atoms with E-state index in [1.165, 1.54) is 57.9 Å². The van der Waals surface area contributed by atoms with Crippen molar-refractivity contribution in [2.75, 3.05) is 13.6 Å². The van der Waals surface area contributed by atoms with Gasteiger partial charge in [-0.2, -0.15) is 0 Å². The van der Waals surface area contributed by atoms with Gasteiger partial charge in [-0.25, -0.2) is 0 Å². The fourth-order valence-corrected chi connectivity index (χ4v) is 3.53. The summed E-state index contributed by atoms with van der Waals surface area (Å²) in [5, 5.41) is 3.61. The number of nitrogens with zero attached hydrogens (tertiary/aromatic N) is 1. The lowest BCUT2D eigenvalue weighted by molar-refractivity contribution is 0.0988. The van der Waals surface area contributed by atoms with Crippen LogP contribution in [0, 0.1) is 5.92 Å². The van der Waals surface area contributed by atoms with Gasteiger partial charge in [0.05, 0.1) is 0 Å². The van der Waals surface area contributed by atoms with Crippen LogP contribution in [0.15, 0.2) is 0 Å². The Morgan fingerprint density at radius 3 is 2.22 bits per heavy atom. The van der Waals surface area contributed by atoms with Crippen LogP contribution in [-0.2, 0) is 0 Å². The molecule has 2 fully saturated rings. The molecule has 0 bridgehead atoms. The Hall–Kier alpha value is -0.0800. The van der Waals surface area contributed by atoms with E-state index in [4.69, 9.17) is 0 Å². The molecule has 2 rings (SSSR count). The molecule has 0 amide bonds. The van der Waals surface area contributed by atoms with Crippen molar-refractivity contribution >= 4 is 0 Å². The molecule has 2 aliphatic rings. The van der Waals surface area contributed by atoms with Gasteiger partial charge < -0.3 is 5.32 Å². The highest BCUT2D eigenvalue weighted by Gasteiger charge is 2.33. The molecule has 0 aromatic rings. The van der Waals surface area contributed by atoms with Gasteiger partial charge in [0.25, 0.3) is 0 Å². The van der Waals surface area contributed by atoms with E-state index in [0.29, 0.717) is 12.1 Å². The van der Waals surface area contributed by atoms with Crippen molar-refractivity contribution < 1.29 is 0 Å². The van der Waals surface area contributed by atoms with Gasteiger partial charge >= 0.3 is 0 Å². The number of rotatable bonds is 5. The predicted molar refractivity (Wildman–Crippen MR) is 78.9 cm³/mol. The van der Waals surface area contributed by atoms with Gasteiger partial charge in [-0.05, 0) is 52.5 Å². The second kappa shape index (κ2) is 6.91. The first-order valence-electron chi connectivity index (χ1n) is 8.15. The summed E-state index contributed by atoms with van der Waals surface area (Å²) in [6.45, 7) is 6.11. The fraction of sp³-hybridized carbons (Fsp3) is 1.00. The molecule has 0 heterocycles. The number of hydrogen-bond donors (Lipinski definition) is 1. The van der Waals surface area contributed by atoms with Crippen LogP contribution in [0.1, 0.15) is 65.2 Å². The molecule has 0 radical (unpaired) electrons. The molecule has 0 aliphatic heterocycles. The van der Waals surface area contributed by atoms with Crippen LogP contribution < -0.4 is 5.32 Å². The van der Waals surface area contributed by atoms with E-state index in [1.54, 1.807) is 0 Å². The fourth-order valence-electron chi connectivity index (χ4n) is 3.53. The van der Waals surface area contributed by atoms with Crippen LogP contribution in [0.3, 0.4) is 0 Å². The van der Waals surface area contributed by atoms with Crippen LogP contribution in [0.25, 0.3) is 0 Å². The molecule has 2 atom stereocenters. The lowest BCUT2D eigenvalue weighted by Crippen LogP contribution is -2.52. The minimum absolute atomic E-state index is 0.700. The van der Waals surface area contributed by atoms with Crippen LogP contribution >= 0.6 is 0 Å². The summed E-state index contributed by atoms with van der Waals surface area (Å²) in [5.41, 5.74) is 0. The molecular weight excluding hydrogens is 220 g/mol. The van der Waals surface area contributed by atoms with E-state index in [0.717, 1.165) is 12.0 Å². The zero-order valence-corrected chi connectivity index (χ0v) is 12.6. The summed E-state index contributed by atoms with van der Waals surface area (Å²) in [6.07, 6.45) is 11.4. The monoisotopic (exact) mass is 252 g/mol.